The maximum atomic E-state index is 12.9. The Morgan fingerprint density at radius 2 is 1.86 bits per heavy atom. The lowest BCUT2D eigenvalue weighted by Crippen LogP contribution is -2.40. The van der Waals surface area contributed by atoms with Gasteiger partial charge in [-0.15, -0.1) is 11.3 Å². The van der Waals surface area contributed by atoms with Gasteiger partial charge in [0.15, 0.2) is 0 Å². The quantitative estimate of drug-likeness (QED) is 0.737. The van der Waals surface area contributed by atoms with E-state index in [1.165, 1.54) is 11.3 Å². The number of hydrogen-bond acceptors (Lipinski definition) is 4. The third-order valence-corrected chi connectivity index (χ3v) is 5.18. The van der Waals surface area contributed by atoms with Crippen molar-refractivity contribution in [2.75, 3.05) is 18.4 Å². The van der Waals surface area contributed by atoms with Crippen LogP contribution in [0.1, 0.15) is 70.8 Å². The molecule has 2 rings (SSSR count). The van der Waals surface area contributed by atoms with E-state index in [-0.39, 0.29) is 35.2 Å². The molecule has 0 unspecified atom stereocenters. The maximum absolute atomic E-state index is 12.9. The van der Waals surface area contributed by atoms with Crippen molar-refractivity contribution >= 4 is 29.0 Å². The van der Waals surface area contributed by atoms with Crippen LogP contribution in [-0.2, 0) is 15.7 Å². The molecule has 0 aliphatic carbocycles. The van der Waals surface area contributed by atoms with Crippen LogP contribution in [0.25, 0.3) is 0 Å². The minimum absolute atomic E-state index is 0.00902. The van der Waals surface area contributed by atoms with Crippen molar-refractivity contribution in [3.05, 3.63) is 34.2 Å². The SMILES string of the molecule is CC(C)CN(CC(=O)Nc1cc(C(C)(C)C)nn1C(C)(C)C)C(=O)c1cccs1. The van der Waals surface area contributed by atoms with Crippen molar-refractivity contribution in [1.29, 1.82) is 0 Å². The fourth-order valence-electron chi connectivity index (χ4n) is 2.92. The molecule has 0 spiro atoms. The van der Waals surface area contributed by atoms with E-state index in [4.69, 9.17) is 5.10 Å². The summed E-state index contributed by atoms with van der Waals surface area (Å²) in [5.41, 5.74) is 0.502. The molecule has 0 saturated heterocycles. The Kier molecular flexibility index (Phi) is 6.93. The second-order valence-electron chi connectivity index (χ2n) is 9.85. The molecule has 0 radical (unpaired) electrons. The first-order chi connectivity index (χ1) is 13.3. The first-order valence-electron chi connectivity index (χ1n) is 10.0. The summed E-state index contributed by atoms with van der Waals surface area (Å²) in [6.45, 7) is 17.0. The van der Waals surface area contributed by atoms with E-state index in [9.17, 15) is 9.59 Å². The number of anilines is 1. The van der Waals surface area contributed by atoms with Crippen molar-refractivity contribution in [3.63, 3.8) is 0 Å². The molecule has 2 aromatic rings. The van der Waals surface area contributed by atoms with Gasteiger partial charge >= 0.3 is 0 Å². The molecule has 29 heavy (non-hydrogen) atoms. The van der Waals surface area contributed by atoms with Gasteiger partial charge in [-0.3, -0.25) is 9.59 Å². The lowest BCUT2D eigenvalue weighted by molar-refractivity contribution is -0.117. The fraction of sp³-hybridized carbons (Fsp3) is 0.591. The molecule has 1 N–H and O–H groups in total. The molecular formula is C22H34N4O2S. The molecule has 6 nitrogen and oxygen atoms in total. The van der Waals surface area contributed by atoms with Crippen LogP contribution in [0.3, 0.4) is 0 Å². The second kappa shape index (κ2) is 8.69. The van der Waals surface area contributed by atoms with E-state index >= 15 is 0 Å². The largest absolute Gasteiger partial charge is 0.328 e. The molecule has 0 fully saturated rings. The van der Waals surface area contributed by atoms with E-state index in [0.29, 0.717) is 17.2 Å². The first-order valence-corrected chi connectivity index (χ1v) is 10.9. The molecule has 2 heterocycles. The van der Waals surface area contributed by atoms with E-state index in [1.54, 1.807) is 11.0 Å². The Balaban J connectivity index is 2.23. The molecule has 160 valence electrons. The summed E-state index contributed by atoms with van der Waals surface area (Å²) in [4.78, 5) is 28.0. The topological polar surface area (TPSA) is 67.2 Å². The highest BCUT2D eigenvalue weighted by Crippen LogP contribution is 2.28. The maximum Gasteiger partial charge on any atom is 0.264 e. The van der Waals surface area contributed by atoms with E-state index in [1.807, 2.05) is 56.8 Å². The first kappa shape index (κ1) is 23.1. The number of nitrogens with one attached hydrogen (secondary N) is 1. The molecule has 2 amide bonds. The van der Waals surface area contributed by atoms with Gasteiger partial charge in [-0.1, -0.05) is 40.7 Å². The molecular weight excluding hydrogens is 384 g/mol. The third kappa shape index (κ3) is 6.16. The highest BCUT2D eigenvalue weighted by molar-refractivity contribution is 7.12. The lowest BCUT2D eigenvalue weighted by Gasteiger charge is -2.25. The average molecular weight is 419 g/mol. The Morgan fingerprint density at radius 3 is 2.34 bits per heavy atom. The van der Waals surface area contributed by atoms with E-state index in [0.717, 1.165) is 5.69 Å². The Hall–Kier alpha value is -2.15. The molecule has 0 saturated carbocycles. The summed E-state index contributed by atoms with van der Waals surface area (Å²) in [5, 5.41) is 9.59. The smallest absolute Gasteiger partial charge is 0.264 e. The van der Waals surface area contributed by atoms with Crippen LogP contribution in [0.4, 0.5) is 5.82 Å². The van der Waals surface area contributed by atoms with E-state index in [2.05, 4.69) is 26.1 Å². The number of carbonyl (C=O) groups excluding carboxylic acids is 2. The van der Waals surface area contributed by atoms with Gasteiger partial charge in [-0.05, 0) is 38.1 Å². The highest BCUT2D eigenvalue weighted by Gasteiger charge is 2.27. The van der Waals surface area contributed by atoms with Crippen LogP contribution >= 0.6 is 11.3 Å². The van der Waals surface area contributed by atoms with Crippen LogP contribution in [0.5, 0.6) is 0 Å². The summed E-state index contributed by atoms with van der Waals surface area (Å²) in [6.07, 6.45) is 0. The lowest BCUT2D eigenvalue weighted by atomic mass is 9.92. The number of carbonyl (C=O) groups is 2. The number of amides is 2. The minimum atomic E-state index is -0.281. The molecule has 0 aromatic carbocycles. The van der Waals surface area contributed by atoms with Crippen molar-refractivity contribution < 1.29 is 9.59 Å². The van der Waals surface area contributed by atoms with Gasteiger partial charge in [0.25, 0.3) is 5.91 Å². The molecule has 0 atom stereocenters. The number of rotatable bonds is 6. The Morgan fingerprint density at radius 1 is 1.21 bits per heavy atom. The molecule has 0 aliphatic heterocycles. The Bertz CT molecular complexity index is 839. The van der Waals surface area contributed by atoms with Crippen LogP contribution in [0, 0.1) is 5.92 Å². The monoisotopic (exact) mass is 418 g/mol. The minimum Gasteiger partial charge on any atom is -0.328 e. The summed E-state index contributed by atoms with van der Waals surface area (Å²) in [6, 6.07) is 5.57. The van der Waals surface area contributed by atoms with Crippen LogP contribution in [0.2, 0.25) is 0 Å². The highest BCUT2D eigenvalue weighted by atomic mass is 32.1. The number of hydrogen-bond donors (Lipinski definition) is 1. The van der Waals surface area contributed by atoms with Crippen LogP contribution in [-0.4, -0.2) is 39.6 Å². The van der Waals surface area contributed by atoms with Crippen molar-refractivity contribution in [1.82, 2.24) is 14.7 Å². The normalized spacial score (nSPS) is 12.3. The summed E-state index contributed by atoms with van der Waals surface area (Å²) in [7, 11) is 0. The summed E-state index contributed by atoms with van der Waals surface area (Å²) < 4.78 is 1.85. The standard InChI is InChI=1S/C22H34N4O2S/c1-15(2)13-25(20(28)16-10-9-11-29-16)14-19(27)23-18-12-17(21(3,4)5)24-26(18)22(6,7)8/h9-12,15H,13-14H2,1-8H3,(H,23,27). The summed E-state index contributed by atoms with van der Waals surface area (Å²) >= 11 is 1.39. The van der Waals surface area contributed by atoms with Gasteiger partial charge in [-0.25, -0.2) is 4.68 Å². The van der Waals surface area contributed by atoms with Gasteiger partial charge in [0.05, 0.1) is 16.1 Å². The zero-order chi connectivity index (χ0) is 22.0. The number of aromatic nitrogens is 2. The predicted octanol–water partition coefficient (Wildman–Crippen LogP) is 4.73. The van der Waals surface area contributed by atoms with Crippen molar-refractivity contribution in [2.45, 2.75) is 66.3 Å². The molecule has 0 bridgehead atoms. The van der Waals surface area contributed by atoms with Gasteiger partial charge in [0, 0.05) is 18.0 Å². The van der Waals surface area contributed by atoms with Gasteiger partial charge in [0.1, 0.15) is 12.4 Å². The van der Waals surface area contributed by atoms with Gasteiger partial charge < -0.3 is 10.2 Å². The fourth-order valence-corrected chi connectivity index (χ4v) is 3.61. The molecule has 2 aromatic heterocycles. The van der Waals surface area contributed by atoms with E-state index < -0.39 is 0 Å². The zero-order valence-electron chi connectivity index (χ0n) is 18.9. The molecule has 0 aliphatic rings. The second-order valence-corrected chi connectivity index (χ2v) is 10.8. The van der Waals surface area contributed by atoms with Crippen LogP contribution in [0.15, 0.2) is 23.6 Å². The predicted molar refractivity (Wildman–Crippen MR) is 120 cm³/mol. The van der Waals surface area contributed by atoms with Gasteiger partial charge in [0.2, 0.25) is 5.91 Å². The Labute approximate surface area is 178 Å². The third-order valence-electron chi connectivity index (χ3n) is 4.32. The van der Waals surface area contributed by atoms with Gasteiger partial charge in [-0.2, -0.15) is 5.10 Å². The van der Waals surface area contributed by atoms with Crippen molar-refractivity contribution in [3.8, 4) is 0 Å². The summed E-state index contributed by atoms with van der Waals surface area (Å²) in [5.74, 6) is 0.588. The van der Waals surface area contributed by atoms with Crippen LogP contribution < -0.4 is 5.32 Å². The number of thiophene rings is 1. The zero-order valence-corrected chi connectivity index (χ0v) is 19.7. The number of nitrogens with zero attached hydrogens (tertiary/aromatic N) is 3. The average Bonchev–Trinajstić information content (AvgIpc) is 3.21. The molecule has 7 heteroatoms. The van der Waals surface area contributed by atoms with Crippen molar-refractivity contribution in [2.24, 2.45) is 5.92 Å².